The van der Waals surface area contributed by atoms with Gasteiger partial charge in [-0.2, -0.15) is 0 Å². The molecule has 0 aliphatic carbocycles. The first kappa shape index (κ1) is 46.0. The molecule has 0 amide bonds. The van der Waals surface area contributed by atoms with Gasteiger partial charge in [0.1, 0.15) is 122 Å². The van der Waals surface area contributed by atoms with Gasteiger partial charge in [-0.15, -0.1) is 0 Å². The Morgan fingerprint density at radius 3 is 0.982 bits per heavy atom. The van der Waals surface area contributed by atoms with Gasteiger partial charge in [0.05, 0.1) is 33.0 Å². The molecule has 17 N–H and O–H groups in total. The summed E-state index contributed by atoms with van der Waals surface area (Å²) in [5.41, 5.74) is 0. The highest BCUT2D eigenvalue weighted by molar-refractivity contribution is 4.99. The molecule has 5 saturated heterocycles. The third-order valence-electron chi connectivity index (χ3n) is 10.3. The van der Waals surface area contributed by atoms with Crippen molar-refractivity contribution < 1.29 is 129 Å². The van der Waals surface area contributed by atoms with Crippen LogP contribution in [-0.4, -0.2) is 273 Å². The molecule has 0 spiro atoms. The van der Waals surface area contributed by atoms with Crippen molar-refractivity contribution in [2.24, 2.45) is 0 Å². The molecule has 0 bridgehead atoms. The maximum absolute atomic E-state index is 11.2. The van der Waals surface area contributed by atoms with Gasteiger partial charge in [-0.05, 0) is 0 Å². The van der Waals surface area contributed by atoms with Crippen molar-refractivity contribution >= 4 is 0 Å². The third-order valence-corrected chi connectivity index (χ3v) is 10.3. The van der Waals surface area contributed by atoms with E-state index in [0.29, 0.717) is 0 Å². The standard InChI is InChI=1S/C30H52O26/c31-1-6-11(36)15(40)17(42)27(49-6)55-24-13(38)8(3-33)50-29(20(24)45)53-22-10(5-35)52-28(18(43)16(22)41)56-25-14(39)9(4-34)51-30(21(25)46)54-23-12(37)7(2-32)48-26(47)19(23)44/h6-47H,1-5H2/t6-,7-,8-,9-,10-,11-,12-,13-,14-,15+,16-,17-,18-,19-,20-,21-,22-,23+,24+,25+,26?,27+,28+,29+,30+/m1/s1. The molecule has 26 nitrogen and oxygen atoms in total. The minimum absolute atomic E-state index is 0.828. The largest absolute Gasteiger partial charge is 0.394 e. The fourth-order valence-electron chi connectivity index (χ4n) is 7.01. The van der Waals surface area contributed by atoms with E-state index in [1.165, 1.54) is 0 Å². The van der Waals surface area contributed by atoms with Crippen LogP contribution in [0.5, 0.6) is 0 Å². The van der Waals surface area contributed by atoms with Crippen molar-refractivity contribution in [2.45, 2.75) is 154 Å². The highest BCUT2D eigenvalue weighted by atomic mass is 16.8. The van der Waals surface area contributed by atoms with Crippen LogP contribution in [0.4, 0.5) is 0 Å². The molecule has 328 valence electrons. The summed E-state index contributed by atoms with van der Waals surface area (Å²) in [6.45, 7) is -4.54. The zero-order valence-electron chi connectivity index (χ0n) is 29.2. The van der Waals surface area contributed by atoms with Gasteiger partial charge in [0.25, 0.3) is 0 Å². The van der Waals surface area contributed by atoms with E-state index in [-0.39, 0.29) is 0 Å². The van der Waals surface area contributed by atoms with Crippen molar-refractivity contribution in [3.8, 4) is 0 Å². The SMILES string of the molecule is OC[C@H]1O[C@@H](O[C@@H]2[C@@H](O)[C@H](O[C@H]3[C@H](O)[C@@H](O)[C@H](O[C@@H]4[C@@H](O)[C@H](O[C@H]5[C@H](O)[C@@H](CO)OC(O)[C@@H]5O)O[C@H](CO)[C@H]4O)O[C@@H]3CO)O[C@H](CO)[C@H]2O)[C@H](O)[C@@H](O)[C@@H]1O. The van der Waals surface area contributed by atoms with E-state index in [0.717, 1.165) is 0 Å². The van der Waals surface area contributed by atoms with Gasteiger partial charge in [0.15, 0.2) is 31.5 Å². The second-order valence-electron chi connectivity index (χ2n) is 13.9. The number of aliphatic hydroxyl groups excluding tert-OH is 17. The first-order chi connectivity index (χ1) is 26.5. The van der Waals surface area contributed by atoms with E-state index in [2.05, 4.69) is 0 Å². The second-order valence-corrected chi connectivity index (χ2v) is 13.9. The van der Waals surface area contributed by atoms with Gasteiger partial charge in [-0.1, -0.05) is 0 Å². The van der Waals surface area contributed by atoms with Gasteiger partial charge >= 0.3 is 0 Å². The summed E-state index contributed by atoms with van der Waals surface area (Å²) < 4.78 is 48.9. The molecule has 5 rings (SSSR count). The number of rotatable bonds is 13. The predicted molar refractivity (Wildman–Crippen MR) is 167 cm³/mol. The topological polar surface area (TPSA) is 427 Å². The molecule has 1 unspecified atom stereocenters. The highest BCUT2D eigenvalue weighted by Gasteiger charge is 2.56. The molecule has 5 heterocycles. The summed E-state index contributed by atoms with van der Waals surface area (Å²) in [5, 5.41) is 177. The number of hydrogen-bond donors (Lipinski definition) is 17. The van der Waals surface area contributed by atoms with Crippen LogP contribution in [0.3, 0.4) is 0 Å². The number of ether oxygens (including phenoxy) is 9. The van der Waals surface area contributed by atoms with Gasteiger partial charge in [0.2, 0.25) is 0 Å². The molecule has 5 aliphatic rings. The Labute approximate surface area is 316 Å². The van der Waals surface area contributed by atoms with Crippen LogP contribution in [0.25, 0.3) is 0 Å². The maximum atomic E-state index is 11.2. The van der Waals surface area contributed by atoms with Crippen molar-refractivity contribution in [1.82, 2.24) is 0 Å². The molecule has 0 aromatic carbocycles. The summed E-state index contributed by atoms with van der Waals surface area (Å²) in [4.78, 5) is 0. The average molecular weight is 829 g/mol. The molecular weight excluding hydrogens is 776 g/mol. The van der Waals surface area contributed by atoms with E-state index in [4.69, 9.17) is 42.6 Å². The molecule has 0 radical (unpaired) electrons. The lowest BCUT2D eigenvalue weighted by Gasteiger charge is -2.49. The second kappa shape index (κ2) is 19.6. The van der Waals surface area contributed by atoms with E-state index in [1.54, 1.807) is 0 Å². The summed E-state index contributed by atoms with van der Waals surface area (Å²) in [5.74, 6) is 0. The summed E-state index contributed by atoms with van der Waals surface area (Å²) in [6, 6.07) is 0. The van der Waals surface area contributed by atoms with Crippen LogP contribution in [0.2, 0.25) is 0 Å². The lowest BCUT2D eigenvalue weighted by Crippen LogP contribution is -2.68. The zero-order valence-corrected chi connectivity index (χ0v) is 29.2. The smallest absolute Gasteiger partial charge is 0.187 e. The Balaban J connectivity index is 1.29. The van der Waals surface area contributed by atoms with Crippen molar-refractivity contribution in [1.29, 1.82) is 0 Å². The molecule has 5 fully saturated rings. The molecule has 0 aromatic rings. The van der Waals surface area contributed by atoms with Crippen LogP contribution in [0.15, 0.2) is 0 Å². The van der Waals surface area contributed by atoms with Crippen LogP contribution in [0.1, 0.15) is 0 Å². The van der Waals surface area contributed by atoms with E-state index >= 15 is 0 Å². The van der Waals surface area contributed by atoms with Crippen molar-refractivity contribution in [2.75, 3.05) is 33.0 Å². The molecule has 25 atom stereocenters. The molecule has 0 aromatic heterocycles. The first-order valence-corrected chi connectivity index (χ1v) is 17.6. The van der Waals surface area contributed by atoms with Crippen LogP contribution < -0.4 is 0 Å². The lowest BCUT2D eigenvalue weighted by molar-refractivity contribution is -0.394. The van der Waals surface area contributed by atoms with Crippen molar-refractivity contribution in [3.63, 3.8) is 0 Å². The quantitative estimate of drug-likeness (QED) is 0.0819. The van der Waals surface area contributed by atoms with Gasteiger partial charge < -0.3 is 129 Å². The van der Waals surface area contributed by atoms with Gasteiger partial charge in [-0.25, -0.2) is 0 Å². The fraction of sp³-hybridized carbons (Fsp3) is 1.00. The third kappa shape index (κ3) is 9.16. The Bertz CT molecular complexity index is 1200. The van der Waals surface area contributed by atoms with Crippen LogP contribution >= 0.6 is 0 Å². The number of hydrogen-bond acceptors (Lipinski definition) is 26. The van der Waals surface area contributed by atoms with Crippen LogP contribution in [0, 0.1) is 0 Å². The minimum Gasteiger partial charge on any atom is -0.394 e. The monoisotopic (exact) mass is 828 g/mol. The zero-order chi connectivity index (χ0) is 41.3. The summed E-state index contributed by atoms with van der Waals surface area (Å²) in [7, 11) is 0. The van der Waals surface area contributed by atoms with E-state index in [1.807, 2.05) is 0 Å². The van der Waals surface area contributed by atoms with E-state index < -0.39 is 187 Å². The molecule has 26 heteroatoms. The number of aliphatic hydroxyl groups is 17. The first-order valence-electron chi connectivity index (χ1n) is 17.6. The average Bonchev–Trinajstić information content (AvgIpc) is 3.18. The normalized spacial score (nSPS) is 53.2. The van der Waals surface area contributed by atoms with Crippen molar-refractivity contribution in [3.05, 3.63) is 0 Å². The summed E-state index contributed by atoms with van der Waals surface area (Å²) in [6.07, 6.45) is -46.7. The van der Waals surface area contributed by atoms with Crippen LogP contribution in [-0.2, 0) is 42.6 Å². The molecule has 5 aliphatic heterocycles. The predicted octanol–water partition coefficient (Wildman–Crippen LogP) is -11.9. The fourth-order valence-corrected chi connectivity index (χ4v) is 7.01. The molecule has 0 saturated carbocycles. The van der Waals surface area contributed by atoms with Gasteiger partial charge in [-0.3, -0.25) is 0 Å². The summed E-state index contributed by atoms with van der Waals surface area (Å²) >= 11 is 0. The highest BCUT2D eigenvalue weighted by Crippen LogP contribution is 2.35. The molecular formula is C30H52O26. The van der Waals surface area contributed by atoms with Gasteiger partial charge in [0, 0.05) is 0 Å². The minimum atomic E-state index is -2.17. The Kier molecular flexibility index (Phi) is 16.1. The molecule has 56 heavy (non-hydrogen) atoms. The lowest BCUT2D eigenvalue weighted by atomic mass is 9.95. The maximum Gasteiger partial charge on any atom is 0.187 e. The Morgan fingerprint density at radius 1 is 0.268 bits per heavy atom. The van der Waals surface area contributed by atoms with E-state index in [9.17, 15) is 86.8 Å². The Morgan fingerprint density at radius 2 is 0.571 bits per heavy atom. The Hall–Kier alpha value is -1.04.